The van der Waals surface area contributed by atoms with Gasteiger partial charge in [0.25, 0.3) is 0 Å². The Morgan fingerprint density at radius 1 is 1.00 bits per heavy atom. The maximum absolute atomic E-state index is 6.15. The number of nitrogens with two attached hydrogens (primary N) is 1. The molecule has 0 bridgehead atoms. The number of nitrogens with zero attached hydrogens (tertiary/aromatic N) is 1. The summed E-state index contributed by atoms with van der Waals surface area (Å²) in [6, 6.07) is 0.513. The number of amidine groups is 1. The smallest absolute Gasteiger partial charge is 0.0971 e. The van der Waals surface area contributed by atoms with Crippen molar-refractivity contribution in [2.24, 2.45) is 28.5 Å². The summed E-state index contributed by atoms with van der Waals surface area (Å²) >= 11 is 0. The molecule has 0 amide bonds. The molecule has 0 spiro atoms. The third-order valence-corrected chi connectivity index (χ3v) is 4.26. The molecule has 2 aliphatic rings. The SMILES string of the molecule is CC1CC(C)CC(N=C(N)C2CCCC2)C1. The van der Waals surface area contributed by atoms with Gasteiger partial charge in [0.2, 0.25) is 0 Å². The summed E-state index contributed by atoms with van der Waals surface area (Å²) in [4.78, 5) is 4.81. The van der Waals surface area contributed by atoms with Crippen LogP contribution in [-0.2, 0) is 0 Å². The van der Waals surface area contributed by atoms with Crippen LogP contribution in [0.4, 0.5) is 0 Å². The second kappa shape index (κ2) is 5.20. The highest BCUT2D eigenvalue weighted by Crippen LogP contribution is 2.31. The Bertz CT molecular complexity index is 243. The first-order valence-corrected chi connectivity index (χ1v) is 6.98. The first-order valence-electron chi connectivity index (χ1n) is 6.98. The topological polar surface area (TPSA) is 38.4 Å². The maximum Gasteiger partial charge on any atom is 0.0971 e. The van der Waals surface area contributed by atoms with Gasteiger partial charge in [-0.2, -0.15) is 0 Å². The van der Waals surface area contributed by atoms with Gasteiger partial charge < -0.3 is 5.73 Å². The van der Waals surface area contributed by atoms with Gasteiger partial charge in [0, 0.05) is 5.92 Å². The molecule has 2 N–H and O–H groups in total. The second-order valence-electron chi connectivity index (χ2n) is 6.11. The Balaban J connectivity index is 1.93. The van der Waals surface area contributed by atoms with E-state index in [0.29, 0.717) is 12.0 Å². The number of rotatable bonds is 2. The predicted molar refractivity (Wildman–Crippen MR) is 69.5 cm³/mol. The molecule has 2 unspecified atom stereocenters. The quantitative estimate of drug-likeness (QED) is 0.564. The second-order valence-corrected chi connectivity index (χ2v) is 6.11. The maximum atomic E-state index is 6.15. The highest BCUT2D eigenvalue weighted by atomic mass is 14.9. The van der Waals surface area contributed by atoms with Crippen LogP contribution in [0.15, 0.2) is 4.99 Å². The number of aliphatic imine (C=N–C) groups is 1. The van der Waals surface area contributed by atoms with Crippen molar-refractivity contribution in [2.75, 3.05) is 0 Å². The van der Waals surface area contributed by atoms with Gasteiger partial charge in [0.05, 0.1) is 11.9 Å². The van der Waals surface area contributed by atoms with Gasteiger partial charge in [-0.05, 0) is 43.9 Å². The van der Waals surface area contributed by atoms with Crippen molar-refractivity contribution in [1.29, 1.82) is 0 Å². The van der Waals surface area contributed by atoms with Gasteiger partial charge in [-0.25, -0.2) is 0 Å². The zero-order chi connectivity index (χ0) is 11.5. The van der Waals surface area contributed by atoms with E-state index in [1.54, 1.807) is 0 Å². The highest BCUT2D eigenvalue weighted by Gasteiger charge is 2.25. The molecule has 2 aliphatic carbocycles. The van der Waals surface area contributed by atoms with E-state index in [2.05, 4.69) is 13.8 Å². The monoisotopic (exact) mass is 222 g/mol. The Morgan fingerprint density at radius 2 is 1.56 bits per heavy atom. The van der Waals surface area contributed by atoms with Crippen molar-refractivity contribution in [1.82, 2.24) is 0 Å². The summed E-state index contributed by atoms with van der Waals surface area (Å²) < 4.78 is 0. The number of hydrogen-bond acceptors (Lipinski definition) is 1. The van der Waals surface area contributed by atoms with Crippen molar-refractivity contribution in [3.05, 3.63) is 0 Å². The van der Waals surface area contributed by atoms with Crippen LogP contribution in [-0.4, -0.2) is 11.9 Å². The van der Waals surface area contributed by atoms with Crippen molar-refractivity contribution in [3.63, 3.8) is 0 Å². The lowest BCUT2D eigenvalue weighted by Gasteiger charge is -2.29. The van der Waals surface area contributed by atoms with Gasteiger partial charge in [0.15, 0.2) is 0 Å². The Hall–Kier alpha value is -0.530. The summed E-state index contributed by atoms with van der Waals surface area (Å²) in [6.45, 7) is 4.70. The average molecular weight is 222 g/mol. The fraction of sp³-hybridized carbons (Fsp3) is 0.929. The molecule has 92 valence electrons. The number of hydrogen-bond donors (Lipinski definition) is 1. The molecule has 0 aromatic rings. The third-order valence-electron chi connectivity index (χ3n) is 4.26. The summed E-state index contributed by atoms with van der Waals surface area (Å²) in [6.07, 6.45) is 9.10. The van der Waals surface area contributed by atoms with Crippen molar-refractivity contribution < 1.29 is 0 Å². The highest BCUT2D eigenvalue weighted by molar-refractivity contribution is 5.83. The molecule has 0 aliphatic heterocycles. The van der Waals surface area contributed by atoms with Gasteiger partial charge in [0.1, 0.15) is 0 Å². The van der Waals surface area contributed by atoms with Gasteiger partial charge in [-0.15, -0.1) is 0 Å². The van der Waals surface area contributed by atoms with E-state index >= 15 is 0 Å². The Morgan fingerprint density at radius 3 is 2.12 bits per heavy atom. The van der Waals surface area contributed by atoms with Gasteiger partial charge in [-0.1, -0.05) is 26.7 Å². The van der Waals surface area contributed by atoms with Crippen LogP contribution < -0.4 is 5.73 Å². The molecular weight excluding hydrogens is 196 g/mol. The molecule has 0 aromatic heterocycles. The predicted octanol–water partition coefficient (Wildman–Crippen LogP) is 3.36. The fourth-order valence-corrected chi connectivity index (χ4v) is 3.55. The van der Waals surface area contributed by atoms with E-state index in [1.165, 1.54) is 44.9 Å². The minimum absolute atomic E-state index is 0.513. The zero-order valence-electron chi connectivity index (χ0n) is 10.8. The zero-order valence-corrected chi connectivity index (χ0v) is 10.8. The van der Waals surface area contributed by atoms with E-state index in [-0.39, 0.29) is 0 Å². The first kappa shape index (κ1) is 11.9. The molecule has 0 radical (unpaired) electrons. The van der Waals surface area contributed by atoms with E-state index in [1.807, 2.05) is 0 Å². The minimum Gasteiger partial charge on any atom is -0.387 e. The molecular formula is C14H26N2. The van der Waals surface area contributed by atoms with E-state index in [9.17, 15) is 0 Å². The lowest BCUT2D eigenvalue weighted by Crippen LogP contribution is -2.28. The van der Waals surface area contributed by atoms with Crippen molar-refractivity contribution in [3.8, 4) is 0 Å². The Labute approximate surface area is 99.7 Å². The summed E-state index contributed by atoms with van der Waals surface area (Å²) in [5.41, 5.74) is 6.15. The lowest BCUT2D eigenvalue weighted by atomic mass is 9.80. The van der Waals surface area contributed by atoms with Crippen LogP contribution in [0, 0.1) is 17.8 Å². The molecule has 0 aromatic carbocycles. The van der Waals surface area contributed by atoms with Crippen LogP contribution in [0.2, 0.25) is 0 Å². The molecule has 2 heteroatoms. The van der Waals surface area contributed by atoms with Crippen LogP contribution in [0.25, 0.3) is 0 Å². The van der Waals surface area contributed by atoms with Crippen molar-refractivity contribution in [2.45, 2.75) is 64.8 Å². The lowest BCUT2D eigenvalue weighted by molar-refractivity contribution is 0.270. The summed E-state index contributed by atoms with van der Waals surface area (Å²) in [5.74, 6) is 3.22. The van der Waals surface area contributed by atoms with Crippen LogP contribution in [0.1, 0.15) is 58.8 Å². The third kappa shape index (κ3) is 2.99. The molecule has 2 rings (SSSR count). The average Bonchev–Trinajstić information content (AvgIpc) is 2.68. The van der Waals surface area contributed by atoms with E-state index in [0.717, 1.165) is 17.7 Å². The van der Waals surface area contributed by atoms with E-state index < -0.39 is 0 Å². The van der Waals surface area contributed by atoms with Crippen LogP contribution in [0.3, 0.4) is 0 Å². The first-order chi connectivity index (χ1) is 7.65. The fourth-order valence-electron chi connectivity index (χ4n) is 3.55. The Kier molecular flexibility index (Phi) is 3.88. The molecule has 2 atom stereocenters. The summed E-state index contributed by atoms with van der Waals surface area (Å²) in [5, 5.41) is 0. The standard InChI is InChI=1S/C14H26N2/c1-10-7-11(2)9-13(8-10)16-14(15)12-5-3-4-6-12/h10-13H,3-9H2,1-2H3,(H2,15,16). The molecule has 2 fully saturated rings. The molecule has 2 saturated carbocycles. The largest absolute Gasteiger partial charge is 0.387 e. The van der Waals surface area contributed by atoms with Crippen molar-refractivity contribution >= 4 is 5.84 Å². The van der Waals surface area contributed by atoms with E-state index in [4.69, 9.17) is 10.7 Å². The normalized spacial score (nSPS) is 37.9. The molecule has 0 heterocycles. The molecule has 2 nitrogen and oxygen atoms in total. The van der Waals surface area contributed by atoms with Gasteiger partial charge >= 0.3 is 0 Å². The molecule has 16 heavy (non-hydrogen) atoms. The van der Waals surface area contributed by atoms with Gasteiger partial charge in [-0.3, -0.25) is 4.99 Å². The van der Waals surface area contributed by atoms with Crippen LogP contribution in [0.5, 0.6) is 0 Å². The summed E-state index contributed by atoms with van der Waals surface area (Å²) in [7, 11) is 0. The molecule has 0 saturated heterocycles. The van der Waals surface area contributed by atoms with Crippen LogP contribution >= 0.6 is 0 Å². The minimum atomic E-state index is 0.513.